The number of nitrogens with zero attached hydrogens (tertiary/aromatic N) is 2. The van der Waals surface area contributed by atoms with E-state index in [1.807, 2.05) is 6.92 Å². The summed E-state index contributed by atoms with van der Waals surface area (Å²) in [7, 11) is 0. The van der Waals surface area contributed by atoms with E-state index in [-0.39, 0.29) is 6.04 Å². The molecule has 0 unspecified atom stereocenters. The van der Waals surface area contributed by atoms with Crippen LogP contribution in [-0.2, 0) is 6.42 Å². The average Bonchev–Trinajstić information content (AvgIpc) is 2.79. The minimum Gasteiger partial charge on any atom is -0.324 e. The maximum absolute atomic E-state index is 5.86. The zero-order chi connectivity index (χ0) is 13.1. The quantitative estimate of drug-likeness (QED) is 0.910. The van der Waals surface area contributed by atoms with Gasteiger partial charge in [-0.1, -0.05) is 24.8 Å². The van der Waals surface area contributed by atoms with Crippen LogP contribution in [0.2, 0.25) is 0 Å². The van der Waals surface area contributed by atoms with Crippen molar-refractivity contribution in [1.29, 1.82) is 0 Å². The molecular formula is C12H14BrN3S2. The van der Waals surface area contributed by atoms with E-state index in [1.54, 1.807) is 11.8 Å². The fraction of sp³-hybridized carbons (Fsp3) is 0.333. The smallest absolute Gasteiger partial charge is 0.174 e. The van der Waals surface area contributed by atoms with Crippen LogP contribution in [0.4, 0.5) is 0 Å². The summed E-state index contributed by atoms with van der Waals surface area (Å²) < 4.78 is 6.31. The third-order valence-electron chi connectivity index (χ3n) is 2.44. The molecular weight excluding hydrogens is 330 g/mol. The third-order valence-corrected chi connectivity index (χ3v) is 5.23. The molecule has 2 rings (SSSR count). The molecule has 0 bridgehead atoms. The second-order valence-corrected chi connectivity index (χ2v) is 6.81. The van der Waals surface area contributed by atoms with Crippen LogP contribution in [0.5, 0.6) is 0 Å². The van der Waals surface area contributed by atoms with Crippen LogP contribution in [0.3, 0.4) is 0 Å². The van der Waals surface area contributed by atoms with Crippen LogP contribution in [0.15, 0.2) is 31.9 Å². The molecule has 1 heterocycles. The molecule has 0 saturated heterocycles. The molecule has 18 heavy (non-hydrogen) atoms. The van der Waals surface area contributed by atoms with Crippen LogP contribution < -0.4 is 5.73 Å². The lowest BCUT2D eigenvalue weighted by atomic mass is 10.1. The number of hydrogen-bond donors (Lipinski definition) is 1. The van der Waals surface area contributed by atoms with Crippen LogP contribution in [-0.4, -0.2) is 9.36 Å². The summed E-state index contributed by atoms with van der Waals surface area (Å²) in [6, 6.07) is 6.24. The zero-order valence-electron chi connectivity index (χ0n) is 10.2. The summed E-state index contributed by atoms with van der Waals surface area (Å²) in [4.78, 5) is 5.58. The van der Waals surface area contributed by atoms with Crippen molar-refractivity contribution in [2.24, 2.45) is 5.73 Å². The summed E-state index contributed by atoms with van der Waals surface area (Å²) >= 11 is 6.65. The Morgan fingerprint density at radius 1 is 1.50 bits per heavy atom. The highest BCUT2D eigenvalue weighted by Gasteiger charge is 2.09. The Hall–Kier alpha value is -0.430. The zero-order valence-corrected chi connectivity index (χ0v) is 13.4. The molecule has 0 fully saturated rings. The van der Waals surface area contributed by atoms with Gasteiger partial charge in [-0.05, 0) is 52.1 Å². The van der Waals surface area contributed by atoms with E-state index < -0.39 is 0 Å². The lowest BCUT2D eigenvalue weighted by Gasteiger charge is -2.08. The SMILES string of the molecule is CCc1nsc(Sc2ccc([C@H](C)N)cc2Br)n1. The topological polar surface area (TPSA) is 51.8 Å². The van der Waals surface area contributed by atoms with Gasteiger partial charge in [-0.15, -0.1) is 0 Å². The molecule has 1 atom stereocenters. The molecule has 0 radical (unpaired) electrons. The number of rotatable bonds is 4. The van der Waals surface area contributed by atoms with Crippen molar-refractivity contribution in [3.8, 4) is 0 Å². The van der Waals surface area contributed by atoms with Crippen LogP contribution in [0.1, 0.15) is 31.3 Å². The molecule has 0 aliphatic heterocycles. The lowest BCUT2D eigenvalue weighted by Crippen LogP contribution is -2.04. The highest BCUT2D eigenvalue weighted by Crippen LogP contribution is 2.35. The average molecular weight is 344 g/mol. The number of nitrogens with two attached hydrogens (primary N) is 1. The Bertz CT molecular complexity index is 540. The Kier molecular flexibility index (Phi) is 4.77. The van der Waals surface area contributed by atoms with Gasteiger partial charge in [0, 0.05) is 21.8 Å². The molecule has 1 aromatic carbocycles. The highest BCUT2D eigenvalue weighted by molar-refractivity contribution is 9.10. The van der Waals surface area contributed by atoms with Gasteiger partial charge in [-0.25, -0.2) is 4.98 Å². The van der Waals surface area contributed by atoms with Crippen molar-refractivity contribution in [3.63, 3.8) is 0 Å². The standard InChI is InChI=1S/C12H14BrN3S2/c1-3-11-15-12(18-16-11)17-10-5-4-8(7(2)14)6-9(10)13/h4-7H,3,14H2,1-2H3/t7-/m0/s1. The Labute approximate surface area is 123 Å². The summed E-state index contributed by atoms with van der Waals surface area (Å²) in [5.74, 6) is 0.908. The van der Waals surface area contributed by atoms with Crippen molar-refractivity contribution in [2.45, 2.75) is 35.5 Å². The fourth-order valence-corrected chi connectivity index (χ4v) is 3.70. The Balaban J connectivity index is 2.19. The van der Waals surface area contributed by atoms with E-state index in [4.69, 9.17) is 5.73 Å². The molecule has 6 heteroatoms. The molecule has 96 valence electrons. The fourth-order valence-electron chi connectivity index (χ4n) is 1.40. The summed E-state index contributed by atoms with van der Waals surface area (Å²) in [5, 5.41) is 0. The predicted molar refractivity (Wildman–Crippen MR) is 80.2 cm³/mol. The van der Waals surface area contributed by atoms with Gasteiger partial charge in [0.1, 0.15) is 5.82 Å². The van der Waals surface area contributed by atoms with E-state index >= 15 is 0 Å². The Morgan fingerprint density at radius 3 is 2.83 bits per heavy atom. The molecule has 0 amide bonds. The van der Waals surface area contributed by atoms with Crippen molar-refractivity contribution in [3.05, 3.63) is 34.1 Å². The summed E-state index contributed by atoms with van der Waals surface area (Å²) in [6.45, 7) is 4.04. The van der Waals surface area contributed by atoms with Gasteiger partial charge < -0.3 is 5.73 Å². The molecule has 3 nitrogen and oxygen atoms in total. The lowest BCUT2D eigenvalue weighted by molar-refractivity contribution is 0.815. The van der Waals surface area contributed by atoms with Gasteiger partial charge in [-0.3, -0.25) is 0 Å². The van der Waals surface area contributed by atoms with E-state index in [1.165, 1.54) is 11.5 Å². The number of aromatic nitrogens is 2. The van der Waals surface area contributed by atoms with Crippen LogP contribution in [0, 0.1) is 0 Å². The first-order chi connectivity index (χ1) is 8.60. The van der Waals surface area contributed by atoms with Crippen molar-refractivity contribution < 1.29 is 0 Å². The van der Waals surface area contributed by atoms with Crippen LogP contribution >= 0.6 is 39.2 Å². The second-order valence-electron chi connectivity index (χ2n) is 3.91. The molecule has 2 aromatic rings. The maximum atomic E-state index is 5.86. The first-order valence-electron chi connectivity index (χ1n) is 5.65. The molecule has 0 spiro atoms. The minimum absolute atomic E-state index is 0.0496. The van der Waals surface area contributed by atoms with Crippen molar-refractivity contribution >= 4 is 39.2 Å². The second kappa shape index (κ2) is 6.14. The molecule has 2 N–H and O–H groups in total. The monoisotopic (exact) mass is 343 g/mol. The van der Waals surface area contributed by atoms with Gasteiger partial charge in [0.05, 0.1) is 0 Å². The first kappa shape index (κ1) is 14.0. The molecule has 0 aliphatic carbocycles. The Morgan fingerprint density at radius 2 is 2.28 bits per heavy atom. The minimum atomic E-state index is 0.0496. The normalized spacial score (nSPS) is 12.7. The van der Waals surface area contributed by atoms with Crippen molar-refractivity contribution in [2.75, 3.05) is 0 Å². The predicted octanol–water partition coefficient (Wildman–Crippen LogP) is 4.03. The molecule has 0 aliphatic rings. The van der Waals surface area contributed by atoms with Crippen LogP contribution in [0.25, 0.3) is 0 Å². The summed E-state index contributed by atoms with van der Waals surface area (Å²) in [5.41, 5.74) is 6.98. The maximum Gasteiger partial charge on any atom is 0.174 e. The van der Waals surface area contributed by atoms with E-state index in [9.17, 15) is 0 Å². The van der Waals surface area contributed by atoms with Gasteiger partial charge in [0.2, 0.25) is 0 Å². The van der Waals surface area contributed by atoms with E-state index in [0.29, 0.717) is 0 Å². The largest absolute Gasteiger partial charge is 0.324 e. The van der Waals surface area contributed by atoms with Gasteiger partial charge in [-0.2, -0.15) is 4.37 Å². The number of hydrogen-bond acceptors (Lipinski definition) is 5. The highest BCUT2D eigenvalue weighted by atomic mass is 79.9. The van der Waals surface area contributed by atoms with E-state index in [2.05, 4.69) is 50.4 Å². The summed E-state index contributed by atoms with van der Waals surface area (Å²) in [6.07, 6.45) is 0.877. The molecule has 0 saturated carbocycles. The number of aryl methyl sites for hydroxylation is 1. The third kappa shape index (κ3) is 3.32. The number of halogens is 1. The van der Waals surface area contributed by atoms with E-state index in [0.717, 1.165) is 31.5 Å². The number of benzene rings is 1. The van der Waals surface area contributed by atoms with Gasteiger partial charge >= 0.3 is 0 Å². The van der Waals surface area contributed by atoms with Crippen molar-refractivity contribution in [1.82, 2.24) is 9.36 Å². The van der Waals surface area contributed by atoms with Gasteiger partial charge in [0.25, 0.3) is 0 Å². The van der Waals surface area contributed by atoms with Gasteiger partial charge in [0.15, 0.2) is 4.34 Å². The first-order valence-corrected chi connectivity index (χ1v) is 8.04. The molecule has 1 aromatic heterocycles.